The van der Waals surface area contributed by atoms with E-state index in [2.05, 4.69) is 31.1 Å². The maximum atomic E-state index is 6.13. The Bertz CT molecular complexity index is 397. The van der Waals surface area contributed by atoms with Gasteiger partial charge >= 0.3 is 0 Å². The summed E-state index contributed by atoms with van der Waals surface area (Å²) >= 11 is 7.93. The second-order valence-electron chi connectivity index (χ2n) is 6.50. The largest absolute Gasteiger partial charge is 0.293 e. The smallest absolute Gasteiger partial charge is 0.107 e. The third-order valence-electron chi connectivity index (χ3n) is 3.84. The highest BCUT2D eigenvalue weighted by molar-refractivity contribution is 7.09. The Morgan fingerprint density at radius 1 is 1.37 bits per heavy atom. The molecule has 2 heterocycles. The summed E-state index contributed by atoms with van der Waals surface area (Å²) in [5.74, 6) is 0.748. The lowest BCUT2D eigenvalue weighted by atomic mass is 9.93. The summed E-state index contributed by atoms with van der Waals surface area (Å²) in [6, 6.07) is 0.533. The van der Waals surface area contributed by atoms with Gasteiger partial charge in [-0.05, 0) is 19.4 Å². The van der Waals surface area contributed by atoms with E-state index in [9.17, 15) is 0 Å². The molecule has 4 heteroatoms. The summed E-state index contributed by atoms with van der Waals surface area (Å²) < 4.78 is 0. The van der Waals surface area contributed by atoms with Gasteiger partial charge in [-0.3, -0.25) is 4.90 Å². The average Bonchev–Trinajstić information content (AvgIpc) is 2.70. The van der Waals surface area contributed by atoms with Crippen molar-refractivity contribution < 1.29 is 0 Å². The van der Waals surface area contributed by atoms with Gasteiger partial charge in [0.05, 0.1) is 12.2 Å². The second kappa shape index (κ2) is 6.55. The SMILES string of the molecule is CC(C)(C)c1csc(CN2CCCCCC2CCl)n1. The number of nitrogens with zero attached hydrogens (tertiary/aromatic N) is 2. The van der Waals surface area contributed by atoms with E-state index in [1.165, 1.54) is 42.9 Å². The predicted octanol–water partition coefficient (Wildman–Crippen LogP) is 4.42. The fourth-order valence-electron chi connectivity index (χ4n) is 2.52. The molecule has 0 spiro atoms. The van der Waals surface area contributed by atoms with Gasteiger partial charge in [0.15, 0.2) is 0 Å². The first-order chi connectivity index (χ1) is 9.00. The van der Waals surface area contributed by atoms with Crippen molar-refractivity contribution in [3.63, 3.8) is 0 Å². The van der Waals surface area contributed by atoms with Gasteiger partial charge in [-0.25, -0.2) is 4.98 Å². The van der Waals surface area contributed by atoms with E-state index in [1.54, 1.807) is 11.3 Å². The normalized spacial score (nSPS) is 22.4. The lowest BCUT2D eigenvalue weighted by molar-refractivity contribution is 0.207. The standard InChI is InChI=1S/C15H25ClN2S/c1-15(2,3)13-11-19-14(17-13)10-18-8-6-4-5-7-12(18)9-16/h11-12H,4-10H2,1-3H3. The lowest BCUT2D eigenvalue weighted by Crippen LogP contribution is -2.35. The van der Waals surface area contributed by atoms with Gasteiger partial charge in [-0.1, -0.05) is 33.6 Å². The van der Waals surface area contributed by atoms with Crippen molar-refractivity contribution in [3.05, 3.63) is 16.1 Å². The Balaban J connectivity index is 2.04. The molecule has 0 bridgehead atoms. The number of alkyl halides is 1. The predicted molar refractivity (Wildman–Crippen MR) is 84.2 cm³/mol. The van der Waals surface area contributed by atoms with Crippen molar-refractivity contribution in [2.24, 2.45) is 0 Å². The number of rotatable bonds is 3. The Morgan fingerprint density at radius 3 is 2.79 bits per heavy atom. The van der Waals surface area contributed by atoms with Gasteiger partial charge in [-0.2, -0.15) is 0 Å². The number of hydrogen-bond donors (Lipinski definition) is 0. The van der Waals surface area contributed by atoms with E-state index >= 15 is 0 Å². The molecule has 1 aliphatic rings. The molecule has 1 atom stereocenters. The van der Waals surface area contributed by atoms with Crippen molar-refractivity contribution >= 4 is 22.9 Å². The number of halogens is 1. The van der Waals surface area contributed by atoms with E-state index in [4.69, 9.17) is 16.6 Å². The Morgan fingerprint density at radius 2 is 2.16 bits per heavy atom. The van der Waals surface area contributed by atoms with E-state index < -0.39 is 0 Å². The maximum absolute atomic E-state index is 6.13. The van der Waals surface area contributed by atoms with Crippen molar-refractivity contribution in [2.75, 3.05) is 12.4 Å². The first kappa shape index (κ1) is 15.3. The molecule has 0 amide bonds. The molecule has 1 saturated heterocycles. The number of aromatic nitrogens is 1. The van der Waals surface area contributed by atoms with Gasteiger partial charge < -0.3 is 0 Å². The van der Waals surface area contributed by atoms with Crippen molar-refractivity contribution in [1.82, 2.24) is 9.88 Å². The molecule has 1 aliphatic heterocycles. The van der Waals surface area contributed by atoms with Crippen LogP contribution in [0.25, 0.3) is 0 Å². The van der Waals surface area contributed by atoms with Crippen LogP contribution in [0.5, 0.6) is 0 Å². The van der Waals surface area contributed by atoms with E-state index in [-0.39, 0.29) is 5.41 Å². The van der Waals surface area contributed by atoms with Crippen molar-refractivity contribution in [1.29, 1.82) is 0 Å². The molecule has 108 valence electrons. The van der Waals surface area contributed by atoms with Crippen LogP contribution in [-0.4, -0.2) is 28.4 Å². The number of likely N-dealkylation sites (tertiary alicyclic amines) is 1. The van der Waals surface area contributed by atoms with Crippen LogP contribution in [0, 0.1) is 0 Å². The summed E-state index contributed by atoms with van der Waals surface area (Å²) in [5, 5.41) is 3.45. The monoisotopic (exact) mass is 300 g/mol. The molecule has 1 aromatic rings. The third-order valence-corrected chi connectivity index (χ3v) is 5.03. The fourth-order valence-corrected chi connectivity index (χ4v) is 3.92. The van der Waals surface area contributed by atoms with Crippen LogP contribution in [0.15, 0.2) is 5.38 Å². The molecule has 19 heavy (non-hydrogen) atoms. The molecule has 0 saturated carbocycles. The van der Waals surface area contributed by atoms with E-state index in [1.807, 2.05) is 0 Å². The maximum Gasteiger partial charge on any atom is 0.107 e. The number of thiazole rings is 1. The lowest BCUT2D eigenvalue weighted by Gasteiger charge is -2.27. The van der Waals surface area contributed by atoms with Crippen LogP contribution >= 0.6 is 22.9 Å². The highest BCUT2D eigenvalue weighted by Crippen LogP contribution is 2.26. The second-order valence-corrected chi connectivity index (χ2v) is 7.76. The van der Waals surface area contributed by atoms with Crippen LogP contribution in [-0.2, 0) is 12.0 Å². The zero-order valence-corrected chi connectivity index (χ0v) is 13.9. The Hall–Kier alpha value is -0.120. The minimum Gasteiger partial charge on any atom is -0.293 e. The molecule has 2 nitrogen and oxygen atoms in total. The minimum absolute atomic E-state index is 0.152. The fraction of sp³-hybridized carbons (Fsp3) is 0.800. The Kier molecular flexibility index (Phi) is 5.27. The van der Waals surface area contributed by atoms with Gasteiger partial charge in [0, 0.05) is 22.7 Å². The van der Waals surface area contributed by atoms with Gasteiger partial charge in [0.1, 0.15) is 5.01 Å². The summed E-state index contributed by atoms with van der Waals surface area (Å²) in [6.07, 6.45) is 5.19. The highest BCUT2D eigenvalue weighted by Gasteiger charge is 2.23. The van der Waals surface area contributed by atoms with Crippen molar-refractivity contribution in [3.8, 4) is 0 Å². The Labute approximate surface area is 126 Å². The van der Waals surface area contributed by atoms with Crippen LogP contribution in [0.1, 0.15) is 57.2 Å². The van der Waals surface area contributed by atoms with Gasteiger partial charge in [-0.15, -0.1) is 22.9 Å². The summed E-state index contributed by atoms with van der Waals surface area (Å²) in [5.41, 5.74) is 1.36. The molecular formula is C15H25ClN2S. The first-order valence-electron chi connectivity index (χ1n) is 7.25. The van der Waals surface area contributed by atoms with E-state index in [0.29, 0.717) is 6.04 Å². The molecule has 0 N–H and O–H groups in total. The summed E-state index contributed by atoms with van der Waals surface area (Å²) in [4.78, 5) is 7.34. The number of hydrogen-bond acceptors (Lipinski definition) is 3. The van der Waals surface area contributed by atoms with Crippen LogP contribution in [0.3, 0.4) is 0 Å². The molecule has 1 unspecified atom stereocenters. The average molecular weight is 301 g/mol. The van der Waals surface area contributed by atoms with Crippen LogP contribution in [0.2, 0.25) is 0 Å². The molecule has 1 fully saturated rings. The molecule has 0 aliphatic carbocycles. The molecule has 1 aromatic heterocycles. The third kappa shape index (κ3) is 4.17. The van der Waals surface area contributed by atoms with E-state index in [0.717, 1.165) is 12.4 Å². The van der Waals surface area contributed by atoms with Gasteiger partial charge in [0.2, 0.25) is 0 Å². The van der Waals surface area contributed by atoms with Crippen LogP contribution in [0.4, 0.5) is 0 Å². The topological polar surface area (TPSA) is 16.1 Å². The summed E-state index contributed by atoms with van der Waals surface area (Å²) in [6.45, 7) is 8.80. The molecule has 0 radical (unpaired) electrons. The highest BCUT2D eigenvalue weighted by atomic mass is 35.5. The molecular weight excluding hydrogens is 276 g/mol. The molecule has 0 aromatic carbocycles. The summed E-state index contributed by atoms with van der Waals surface area (Å²) in [7, 11) is 0. The van der Waals surface area contributed by atoms with Crippen molar-refractivity contribution in [2.45, 2.75) is 64.5 Å². The van der Waals surface area contributed by atoms with Crippen LogP contribution < -0.4 is 0 Å². The quantitative estimate of drug-likeness (QED) is 0.768. The zero-order chi connectivity index (χ0) is 13.9. The minimum atomic E-state index is 0.152. The zero-order valence-electron chi connectivity index (χ0n) is 12.3. The van der Waals surface area contributed by atoms with Gasteiger partial charge in [0.25, 0.3) is 0 Å². The molecule has 2 rings (SSSR count). The first-order valence-corrected chi connectivity index (χ1v) is 8.67.